The predicted octanol–water partition coefficient (Wildman–Crippen LogP) is 14.7. The third-order valence-electron chi connectivity index (χ3n) is 11.9. The van der Waals surface area contributed by atoms with E-state index >= 15 is 0 Å². The van der Waals surface area contributed by atoms with Crippen molar-refractivity contribution in [3.8, 4) is 22.3 Å². The molecule has 314 valence electrons. The van der Waals surface area contributed by atoms with Crippen molar-refractivity contribution >= 4 is 34.1 Å². The molecule has 6 nitrogen and oxygen atoms in total. The fourth-order valence-corrected chi connectivity index (χ4v) is 8.29. The minimum Gasteiger partial charge on any atom is -0.353 e. The molecule has 0 aromatic heterocycles. The molecule has 2 saturated heterocycles. The van der Waals surface area contributed by atoms with Crippen LogP contribution in [0.2, 0.25) is 0 Å². The minimum absolute atomic E-state index is 0.112. The Morgan fingerprint density at radius 3 is 0.935 bits per heavy atom. The Morgan fingerprint density at radius 1 is 0.371 bits per heavy atom. The Morgan fingerprint density at radius 2 is 0.645 bits per heavy atom. The summed E-state index contributed by atoms with van der Waals surface area (Å²) < 4.78 is 23.8. The Hall–Kier alpha value is -6.02. The Labute approximate surface area is 367 Å². The normalized spacial score (nSPS) is 16.5. The van der Waals surface area contributed by atoms with Gasteiger partial charge in [-0.25, -0.2) is 0 Å². The molecule has 0 radical (unpaired) electrons. The van der Waals surface area contributed by atoms with E-state index < -0.39 is 0 Å². The van der Waals surface area contributed by atoms with Crippen molar-refractivity contribution in [3.05, 3.63) is 192 Å². The van der Waals surface area contributed by atoms with Crippen LogP contribution in [0.5, 0.6) is 0 Å². The van der Waals surface area contributed by atoms with Crippen molar-refractivity contribution in [2.45, 2.75) is 78.2 Å². The first-order valence-electron chi connectivity index (χ1n) is 22.2. The van der Waals surface area contributed by atoms with E-state index in [2.05, 4.69) is 194 Å². The fraction of sp³-hybridized carbons (Fsp3) is 0.250. The SMILES string of the molecule is Cc1ccc(N(c2ccc(C)cc2)c2ccc(-c3ccc(-c4ccc(N(c5ccc(COC6CCCCO6)cc5)c5ccc(COC6CCCCO6)cc5)cc4)cc3)cc2)cc1. The number of nitrogens with zero attached hydrogens (tertiary/aromatic N) is 2. The van der Waals surface area contributed by atoms with E-state index in [1.54, 1.807) is 0 Å². The van der Waals surface area contributed by atoms with Crippen LogP contribution in [0.1, 0.15) is 60.8 Å². The van der Waals surface area contributed by atoms with Crippen molar-refractivity contribution in [2.75, 3.05) is 23.0 Å². The first-order valence-corrected chi connectivity index (χ1v) is 22.2. The van der Waals surface area contributed by atoms with E-state index in [0.29, 0.717) is 13.2 Å². The number of hydrogen-bond acceptors (Lipinski definition) is 6. The lowest BCUT2D eigenvalue weighted by molar-refractivity contribution is -0.169. The largest absolute Gasteiger partial charge is 0.353 e. The average Bonchev–Trinajstić information content (AvgIpc) is 3.33. The summed E-state index contributed by atoms with van der Waals surface area (Å²) in [5, 5.41) is 0. The van der Waals surface area contributed by atoms with Gasteiger partial charge >= 0.3 is 0 Å². The molecule has 2 unspecified atom stereocenters. The standard InChI is InChI=1S/C56H56N2O4/c1-41-9-25-49(26-10-41)57(50-27-11-42(2)12-28-50)53-33-21-47(22-34-53)45-17-19-46(20-18-45)48-23-35-54(36-24-48)58(51-29-13-43(14-30-51)39-61-55-7-3-5-37-59-55)52-31-15-44(16-32-52)40-62-56-8-4-6-38-60-56/h9-36,55-56H,3-8,37-40H2,1-2H3. The van der Waals surface area contributed by atoms with Gasteiger partial charge in [0.1, 0.15) is 0 Å². The topological polar surface area (TPSA) is 43.4 Å². The van der Waals surface area contributed by atoms with Crippen LogP contribution in [0.3, 0.4) is 0 Å². The van der Waals surface area contributed by atoms with Gasteiger partial charge in [-0.15, -0.1) is 0 Å². The average molecular weight is 821 g/mol. The zero-order chi connectivity index (χ0) is 42.1. The van der Waals surface area contributed by atoms with Crippen LogP contribution in [-0.4, -0.2) is 25.8 Å². The van der Waals surface area contributed by atoms with Gasteiger partial charge in [-0.05, 0) is 159 Å². The highest BCUT2D eigenvalue weighted by atomic mass is 16.7. The molecule has 9 rings (SSSR count). The Balaban J connectivity index is 0.922. The lowest BCUT2D eigenvalue weighted by atomic mass is 9.99. The van der Waals surface area contributed by atoms with Crippen molar-refractivity contribution in [3.63, 3.8) is 0 Å². The molecule has 2 fully saturated rings. The van der Waals surface area contributed by atoms with Crippen LogP contribution in [-0.2, 0) is 32.2 Å². The second kappa shape index (κ2) is 19.8. The van der Waals surface area contributed by atoms with Gasteiger partial charge in [-0.3, -0.25) is 0 Å². The fourth-order valence-electron chi connectivity index (χ4n) is 8.29. The van der Waals surface area contributed by atoms with Gasteiger partial charge in [0.05, 0.1) is 13.2 Å². The number of rotatable bonds is 14. The van der Waals surface area contributed by atoms with Gasteiger partial charge in [-0.1, -0.05) is 108 Å². The summed E-state index contributed by atoms with van der Waals surface area (Å²) >= 11 is 0. The van der Waals surface area contributed by atoms with Gasteiger partial charge in [0, 0.05) is 47.3 Å². The molecule has 6 heteroatoms. The summed E-state index contributed by atoms with van der Waals surface area (Å²) in [7, 11) is 0. The molecule has 2 atom stereocenters. The summed E-state index contributed by atoms with van der Waals surface area (Å²) in [5.74, 6) is 0. The monoisotopic (exact) mass is 820 g/mol. The second-order valence-corrected chi connectivity index (χ2v) is 16.6. The molecule has 62 heavy (non-hydrogen) atoms. The summed E-state index contributed by atoms with van der Waals surface area (Å²) in [6.45, 7) is 6.87. The number of aryl methyl sites for hydroxylation is 2. The zero-order valence-electron chi connectivity index (χ0n) is 35.9. The molecule has 2 aliphatic heterocycles. The van der Waals surface area contributed by atoms with Gasteiger partial charge in [-0.2, -0.15) is 0 Å². The molecular formula is C56H56N2O4. The second-order valence-electron chi connectivity index (χ2n) is 16.6. The Bertz CT molecular complexity index is 2340. The maximum Gasteiger partial charge on any atom is 0.158 e. The highest BCUT2D eigenvalue weighted by Gasteiger charge is 2.18. The highest BCUT2D eigenvalue weighted by Crippen LogP contribution is 2.38. The quantitative estimate of drug-likeness (QED) is 0.109. The number of anilines is 6. The van der Waals surface area contributed by atoms with E-state index in [-0.39, 0.29) is 12.6 Å². The van der Waals surface area contributed by atoms with Crippen LogP contribution in [0, 0.1) is 13.8 Å². The third-order valence-corrected chi connectivity index (χ3v) is 11.9. The molecule has 0 aliphatic carbocycles. The lowest BCUT2D eigenvalue weighted by Crippen LogP contribution is -2.22. The first kappa shape index (κ1) is 41.3. The molecule has 0 amide bonds. The van der Waals surface area contributed by atoms with E-state index in [1.807, 2.05) is 0 Å². The molecule has 0 bridgehead atoms. The van der Waals surface area contributed by atoms with Crippen LogP contribution >= 0.6 is 0 Å². The highest BCUT2D eigenvalue weighted by molar-refractivity contribution is 5.81. The minimum atomic E-state index is -0.112. The van der Waals surface area contributed by atoms with Crippen LogP contribution in [0.15, 0.2) is 170 Å². The maximum atomic E-state index is 6.10. The third kappa shape index (κ3) is 10.2. The van der Waals surface area contributed by atoms with Gasteiger partial charge in [0.2, 0.25) is 0 Å². The summed E-state index contributed by atoms with van der Waals surface area (Å²) in [6, 6.07) is 61.4. The Kier molecular flexibility index (Phi) is 13.2. The van der Waals surface area contributed by atoms with E-state index in [9.17, 15) is 0 Å². The van der Waals surface area contributed by atoms with Crippen LogP contribution in [0.4, 0.5) is 34.1 Å². The van der Waals surface area contributed by atoms with E-state index in [0.717, 1.165) is 103 Å². The molecule has 0 spiro atoms. The predicted molar refractivity (Wildman–Crippen MR) is 253 cm³/mol. The van der Waals surface area contributed by atoms with Crippen molar-refractivity contribution in [2.24, 2.45) is 0 Å². The number of benzene rings is 7. The van der Waals surface area contributed by atoms with Crippen molar-refractivity contribution in [1.29, 1.82) is 0 Å². The number of hydrogen-bond donors (Lipinski definition) is 0. The molecule has 7 aromatic carbocycles. The zero-order valence-corrected chi connectivity index (χ0v) is 35.9. The van der Waals surface area contributed by atoms with Gasteiger partial charge in [0.25, 0.3) is 0 Å². The molecule has 7 aromatic rings. The first-order chi connectivity index (χ1) is 30.5. The van der Waals surface area contributed by atoms with Crippen molar-refractivity contribution < 1.29 is 18.9 Å². The maximum absolute atomic E-state index is 6.10. The molecule has 2 heterocycles. The van der Waals surface area contributed by atoms with Crippen LogP contribution < -0.4 is 9.80 Å². The summed E-state index contributed by atoms with van der Waals surface area (Å²) in [4.78, 5) is 4.62. The van der Waals surface area contributed by atoms with Crippen LogP contribution in [0.25, 0.3) is 22.3 Å². The molecule has 2 aliphatic rings. The lowest BCUT2D eigenvalue weighted by Gasteiger charge is -2.27. The summed E-state index contributed by atoms with van der Waals surface area (Å²) in [5.41, 5.74) is 16.1. The van der Waals surface area contributed by atoms with E-state index in [1.165, 1.54) is 27.8 Å². The number of ether oxygens (including phenoxy) is 4. The molecule has 0 saturated carbocycles. The van der Waals surface area contributed by atoms with E-state index in [4.69, 9.17) is 18.9 Å². The molecular weight excluding hydrogens is 765 g/mol. The summed E-state index contributed by atoms with van der Waals surface area (Å²) in [6.07, 6.45) is 6.22. The van der Waals surface area contributed by atoms with Crippen molar-refractivity contribution in [1.82, 2.24) is 0 Å². The smallest absolute Gasteiger partial charge is 0.158 e. The van der Waals surface area contributed by atoms with Gasteiger partial charge < -0.3 is 28.7 Å². The molecule has 0 N–H and O–H groups in total. The van der Waals surface area contributed by atoms with Gasteiger partial charge in [0.15, 0.2) is 12.6 Å².